The fourth-order valence-corrected chi connectivity index (χ4v) is 1.45. The Morgan fingerprint density at radius 1 is 1.53 bits per heavy atom. The first kappa shape index (κ1) is 14.5. The normalized spacial score (nSPS) is 9.53. The van der Waals surface area contributed by atoms with Crippen LogP contribution in [0.1, 0.15) is 5.56 Å². The van der Waals surface area contributed by atoms with Gasteiger partial charge in [0.15, 0.2) is 0 Å². The summed E-state index contributed by atoms with van der Waals surface area (Å²) in [5, 5.41) is 11.0. The average molecular weight is 264 g/mol. The zero-order valence-electron chi connectivity index (χ0n) is 10.3. The van der Waals surface area contributed by atoms with Crippen LogP contribution in [0.4, 0.5) is 14.9 Å². The van der Waals surface area contributed by atoms with Gasteiger partial charge in [-0.15, -0.1) is 6.42 Å². The zero-order chi connectivity index (χ0) is 14.4. The molecule has 0 fully saturated rings. The van der Waals surface area contributed by atoms with Crippen molar-refractivity contribution in [1.29, 1.82) is 0 Å². The van der Waals surface area contributed by atoms with E-state index in [9.17, 15) is 14.0 Å². The highest BCUT2D eigenvalue weighted by molar-refractivity contribution is 5.92. The van der Waals surface area contributed by atoms with Crippen LogP contribution in [-0.2, 0) is 4.79 Å². The maximum absolute atomic E-state index is 13.5. The number of rotatable bonds is 4. The molecule has 0 unspecified atom stereocenters. The minimum absolute atomic E-state index is 0.0138. The number of benzene rings is 1. The molecule has 2 amide bonds. The number of amides is 2. The Labute approximate surface area is 110 Å². The number of terminal acetylenes is 1. The second-order valence-electron chi connectivity index (χ2n) is 3.82. The molecule has 0 atom stereocenters. The van der Waals surface area contributed by atoms with Crippen LogP contribution in [0.2, 0.25) is 0 Å². The molecule has 0 heterocycles. The summed E-state index contributed by atoms with van der Waals surface area (Å²) in [6, 6.07) is 3.58. The fraction of sp³-hybridized carbons (Fsp3) is 0.231. The number of hydrogen-bond acceptors (Lipinski definition) is 2. The number of hydrogen-bond donors (Lipinski definition) is 2. The Balaban J connectivity index is 2.87. The minimum atomic E-state index is -1.20. The third-order valence-electron chi connectivity index (χ3n) is 2.35. The third-order valence-corrected chi connectivity index (χ3v) is 2.35. The fourth-order valence-electron chi connectivity index (χ4n) is 1.45. The number of carbonyl (C=O) groups is 2. The monoisotopic (exact) mass is 264 g/mol. The van der Waals surface area contributed by atoms with Gasteiger partial charge in [-0.3, -0.25) is 4.79 Å². The lowest BCUT2D eigenvalue weighted by Crippen LogP contribution is -2.39. The van der Waals surface area contributed by atoms with Gasteiger partial charge in [0.05, 0.1) is 12.2 Å². The first-order valence-corrected chi connectivity index (χ1v) is 5.42. The van der Waals surface area contributed by atoms with Gasteiger partial charge >= 0.3 is 12.0 Å². The molecule has 0 aliphatic heterocycles. The summed E-state index contributed by atoms with van der Waals surface area (Å²) in [4.78, 5) is 23.3. The first-order valence-electron chi connectivity index (χ1n) is 5.42. The summed E-state index contributed by atoms with van der Waals surface area (Å²) in [6.07, 6.45) is 5.06. The molecule has 0 bridgehead atoms. The van der Waals surface area contributed by atoms with Crippen molar-refractivity contribution >= 4 is 17.7 Å². The largest absolute Gasteiger partial charge is 0.480 e. The molecule has 6 heteroatoms. The Kier molecular flexibility index (Phi) is 4.89. The molecule has 5 nitrogen and oxygen atoms in total. The van der Waals surface area contributed by atoms with Gasteiger partial charge in [-0.25, -0.2) is 9.18 Å². The standard InChI is InChI=1S/C13H13FN2O3/c1-3-7-16(8-11(17)18)13(19)15-12-9(2)5-4-6-10(12)14/h1,4-6H,7-8H2,2H3,(H,15,19)(H,17,18). The van der Waals surface area contributed by atoms with E-state index in [2.05, 4.69) is 11.2 Å². The number of para-hydroxylation sites is 1. The lowest BCUT2D eigenvalue weighted by Gasteiger charge is -2.19. The van der Waals surface area contributed by atoms with Gasteiger partial charge in [0.25, 0.3) is 0 Å². The van der Waals surface area contributed by atoms with Gasteiger partial charge in [0, 0.05) is 0 Å². The van der Waals surface area contributed by atoms with Crippen LogP contribution in [0, 0.1) is 25.1 Å². The van der Waals surface area contributed by atoms with Crippen molar-refractivity contribution in [2.45, 2.75) is 6.92 Å². The van der Waals surface area contributed by atoms with Gasteiger partial charge in [-0.2, -0.15) is 0 Å². The predicted octanol–water partition coefficient (Wildman–Crippen LogP) is 1.69. The maximum Gasteiger partial charge on any atom is 0.323 e. The van der Waals surface area contributed by atoms with Crippen LogP contribution < -0.4 is 5.32 Å². The lowest BCUT2D eigenvalue weighted by molar-refractivity contribution is -0.137. The number of carboxylic acid groups (broad SMARTS) is 1. The lowest BCUT2D eigenvalue weighted by atomic mass is 10.2. The summed E-state index contributed by atoms with van der Waals surface area (Å²) < 4.78 is 13.5. The van der Waals surface area contributed by atoms with E-state index < -0.39 is 24.4 Å². The van der Waals surface area contributed by atoms with E-state index in [1.54, 1.807) is 13.0 Å². The summed E-state index contributed by atoms with van der Waals surface area (Å²) >= 11 is 0. The Morgan fingerprint density at radius 3 is 2.74 bits per heavy atom. The van der Waals surface area contributed by atoms with E-state index in [-0.39, 0.29) is 12.2 Å². The summed E-state index contributed by atoms with van der Waals surface area (Å²) in [5.41, 5.74) is 0.546. The van der Waals surface area contributed by atoms with E-state index >= 15 is 0 Å². The SMILES string of the molecule is C#CCN(CC(=O)O)C(=O)Nc1c(C)cccc1F. The van der Waals surface area contributed by atoms with E-state index in [0.29, 0.717) is 5.56 Å². The number of carbonyl (C=O) groups excluding carboxylic acids is 1. The maximum atomic E-state index is 13.5. The number of nitrogens with zero attached hydrogens (tertiary/aromatic N) is 1. The molecule has 19 heavy (non-hydrogen) atoms. The molecule has 0 aliphatic carbocycles. The molecular weight excluding hydrogens is 251 g/mol. The van der Waals surface area contributed by atoms with Gasteiger partial charge in [-0.05, 0) is 18.6 Å². The molecule has 2 N–H and O–H groups in total. The van der Waals surface area contributed by atoms with Crippen molar-refractivity contribution in [3.05, 3.63) is 29.6 Å². The molecule has 1 rings (SSSR count). The summed E-state index contributed by atoms with van der Waals surface area (Å²) in [7, 11) is 0. The van der Waals surface area contributed by atoms with E-state index in [4.69, 9.17) is 11.5 Å². The van der Waals surface area contributed by atoms with Gasteiger partial charge in [0.2, 0.25) is 0 Å². The Hall–Kier alpha value is -2.55. The number of halogens is 1. The van der Waals surface area contributed by atoms with Crippen LogP contribution in [-0.4, -0.2) is 35.1 Å². The first-order chi connectivity index (χ1) is 8.95. The molecule has 0 saturated heterocycles. The molecular formula is C13H13FN2O3. The second kappa shape index (κ2) is 6.40. The Bertz CT molecular complexity index is 517. The van der Waals surface area contributed by atoms with Gasteiger partial charge in [0.1, 0.15) is 12.4 Å². The smallest absolute Gasteiger partial charge is 0.323 e. The molecule has 1 aromatic carbocycles. The van der Waals surface area contributed by atoms with Gasteiger partial charge < -0.3 is 15.3 Å². The number of aliphatic carboxylic acids is 1. The molecule has 0 aromatic heterocycles. The number of urea groups is 1. The molecule has 0 spiro atoms. The van der Waals surface area contributed by atoms with E-state index in [1.807, 2.05) is 0 Å². The highest BCUT2D eigenvalue weighted by atomic mass is 19.1. The highest BCUT2D eigenvalue weighted by Gasteiger charge is 2.17. The average Bonchev–Trinajstić information content (AvgIpc) is 2.32. The van der Waals surface area contributed by atoms with Crippen molar-refractivity contribution < 1.29 is 19.1 Å². The van der Waals surface area contributed by atoms with Crippen LogP contribution in [0.3, 0.4) is 0 Å². The number of carboxylic acids is 1. The topological polar surface area (TPSA) is 69.6 Å². The highest BCUT2D eigenvalue weighted by Crippen LogP contribution is 2.19. The third kappa shape index (κ3) is 4.00. The van der Waals surface area contributed by atoms with Crippen molar-refractivity contribution in [2.24, 2.45) is 0 Å². The van der Waals surface area contributed by atoms with Crippen molar-refractivity contribution in [3.8, 4) is 12.3 Å². The van der Waals surface area contributed by atoms with E-state index in [1.165, 1.54) is 12.1 Å². The van der Waals surface area contributed by atoms with Gasteiger partial charge in [-0.1, -0.05) is 18.1 Å². The molecule has 0 saturated carbocycles. The van der Waals surface area contributed by atoms with E-state index in [0.717, 1.165) is 4.90 Å². The number of anilines is 1. The number of aryl methyl sites for hydroxylation is 1. The second-order valence-corrected chi connectivity index (χ2v) is 3.82. The molecule has 100 valence electrons. The molecule has 0 radical (unpaired) electrons. The van der Waals surface area contributed by atoms with Crippen LogP contribution in [0.25, 0.3) is 0 Å². The van der Waals surface area contributed by atoms with Crippen molar-refractivity contribution in [2.75, 3.05) is 18.4 Å². The molecule has 1 aromatic rings. The minimum Gasteiger partial charge on any atom is -0.480 e. The zero-order valence-corrected chi connectivity index (χ0v) is 10.3. The van der Waals surface area contributed by atoms with Crippen molar-refractivity contribution in [3.63, 3.8) is 0 Å². The number of nitrogens with one attached hydrogen (secondary N) is 1. The summed E-state index contributed by atoms with van der Waals surface area (Å²) in [5.74, 6) is 0.385. The van der Waals surface area contributed by atoms with Crippen LogP contribution >= 0.6 is 0 Å². The predicted molar refractivity (Wildman–Crippen MR) is 68.2 cm³/mol. The van der Waals surface area contributed by atoms with Crippen LogP contribution in [0.15, 0.2) is 18.2 Å². The quantitative estimate of drug-likeness (QED) is 0.813. The summed E-state index contributed by atoms with van der Waals surface area (Å²) in [6.45, 7) is 0.899. The van der Waals surface area contributed by atoms with Crippen LogP contribution in [0.5, 0.6) is 0 Å². The Morgan fingerprint density at radius 2 is 2.21 bits per heavy atom. The van der Waals surface area contributed by atoms with Crippen molar-refractivity contribution in [1.82, 2.24) is 4.90 Å². The molecule has 0 aliphatic rings.